The normalized spacial score (nSPS) is 11.8. The molecule has 0 fully saturated rings. The van der Waals surface area contributed by atoms with Crippen molar-refractivity contribution in [2.45, 2.75) is 0 Å². The van der Waals surface area contributed by atoms with Gasteiger partial charge in [0.2, 0.25) is 0 Å². The molecule has 53 heavy (non-hydrogen) atoms. The summed E-state index contributed by atoms with van der Waals surface area (Å²) in [6.07, 6.45) is 0. The molecule has 0 radical (unpaired) electrons. The topological polar surface area (TPSA) is 35.9 Å². The third-order valence-electron chi connectivity index (χ3n) is 10.5. The predicted molar refractivity (Wildman–Crippen MR) is 219 cm³/mol. The van der Waals surface area contributed by atoms with Crippen LogP contribution in [0.1, 0.15) is 0 Å². The summed E-state index contributed by atoms with van der Waals surface area (Å²) < 4.78 is 11.2. The van der Waals surface area contributed by atoms with Gasteiger partial charge in [-0.1, -0.05) is 115 Å². The number of imidazole rings is 1. The van der Waals surface area contributed by atoms with Crippen LogP contribution in [0.15, 0.2) is 192 Å². The van der Waals surface area contributed by atoms with Crippen LogP contribution in [-0.4, -0.2) is 14.1 Å². The maximum absolute atomic E-state index is 6.57. The van der Waals surface area contributed by atoms with Gasteiger partial charge in [-0.3, -0.25) is 4.57 Å². The van der Waals surface area contributed by atoms with E-state index in [4.69, 9.17) is 9.40 Å². The van der Waals surface area contributed by atoms with Crippen molar-refractivity contribution in [3.63, 3.8) is 0 Å². The zero-order valence-electron chi connectivity index (χ0n) is 28.6. The summed E-state index contributed by atoms with van der Waals surface area (Å²) in [5.74, 6) is 0.916. The number of nitrogens with zero attached hydrogens (tertiary/aromatic N) is 3. The highest BCUT2D eigenvalue weighted by atomic mass is 16.3. The molecule has 3 heterocycles. The van der Waals surface area contributed by atoms with Crippen LogP contribution >= 0.6 is 0 Å². The fraction of sp³-hybridized carbons (Fsp3) is 0. The Bertz CT molecular complexity index is 3150. The average Bonchev–Trinajstić information content (AvgIpc) is 3.91. The minimum absolute atomic E-state index is 0.875. The Balaban J connectivity index is 1.09. The Morgan fingerprint density at radius 3 is 1.77 bits per heavy atom. The molecule has 0 aliphatic carbocycles. The molecule has 0 N–H and O–H groups in total. The average molecular weight is 678 g/mol. The molecule has 0 aliphatic heterocycles. The molecule has 3 aromatic heterocycles. The molecule has 0 unspecified atom stereocenters. The molecule has 4 nitrogen and oxygen atoms in total. The molecule has 248 valence electrons. The Morgan fingerprint density at radius 1 is 0.377 bits per heavy atom. The van der Waals surface area contributed by atoms with Gasteiger partial charge in [-0.15, -0.1) is 0 Å². The molecule has 0 spiro atoms. The highest BCUT2D eigenvalue weighted by Gasteiger charge is 2.19. The third kappa shape index (κ3) is 4.66. The standard InChI is InChI=1S/C49H31N3O/c1-3-13-36(14-4-1)51-43-20-10-7-17-38(43)41-29-34(27-28-44(41)51)35-30-40(48-39-18-8-12-22-46(39)53-47(48)31-35)32-23-25-33(26-24-32)49-50-42-19-9-11-21-45(42)52(49)37-15-5-2-6-16-37/h1-31H. The quantitative estimate of drug-likeness (QED) is 0.182. The first kappa shape index (κ1) is 29.5. The predicted octanol–water partition coefficient (Wildman–Crippen LogP) is 13.0. The van der Waals surface area contributed by atoms with E-state index < -0.39 is 0 Å². The minimum atomic E-state index is 0.875. The highest BCUT2D eigenvalue weighted by Crippen LogP contribution is 2.42. The van der Waals surface area contributed by atoms with Crippen LogP contribution in [0.4, 0.5) is 0 Å². The van der Waals surface area contributed by atoms with Crippen molar-refractivity contribution < 1.29 is 4.42 Å². The number of fused-ring (bicyclic) bond motifs is 7. The second-order valence-corrected chi connectivity index (χ2v) is 13.6. The van der Waals surface area contributed by atoms with Crippen LogP contribution in [-0.2, 0) is 0 Å². The van der Waals surface area contributed by atoms with E-state index in [2.05, 4.69) is 179 Å². The monoisotopic (exact) mass is 677 g/mol. The Hall–Kier alpha value is -7.17. The van der Waals surface area contributed by atoms with Crippen molar-refractivity contribution in [2.75, 3.05) is 0 Å². The molecular weight excluding hydrogens is 647 g/mol. The van der Waals surface area contributed by atoms with Crippen molar-refractivity contribution in [1.82, 2.24) is 14.1 Å². The summed E-state index contributed by atoms with van der Waals surface area (Å²) in [7, 11) is 0. The lowest BCUT2D eigenvalue weighted by atomic mass is 9.93. The van der Waals surface area contributed by atoms with E-state index in [0.29, 0.717) is 0 Å². The third-order valence-corrected chi connectivity index (χ3v) is 10.5. The lowest BCUT2D eigenvalue weighted by Gasteiger charge is -2.12. The van der Waals surface area contributed by atoms with E-state index in [1.165, 1.54) is 21.8 Å². The van der Waals surface area contributed by atoms with Crippen molar-refractivity contribution in [3.8, 4) is 45.0 Å². The number of hydrogen-bond acceptors (Lipinski definition) is 2. The molecule has 0 saturated carbocycles. The number of rotatable bonds is 5. The number of aromatic nitrogens is 3. The maximum Gasteiger partial charge on any atom is 0.145 e. The van der Waals surface area contributed by atoms with Gasteiger partial charge in [0, 0.05) is 38.5 Å². The fourth-order valence-corrected chi connectivity index (χ4v) is 8.11. The molecular formula is C49H31N3O. The summed E-state index contributed by atoms with van der Waals surface area (Å²) in [6, 6.07) is 66.6. The number of furan rings is 1. The smallest absolute Gasteiger partial charge is 0.145 e. The first-order chi connectivity index (χ1) is 26.3. The van der Waals surface area contributed by atoms with Crippen molar-refractivity contribution >= 4 is 54.8 Å². The van der Waals surface area contributed by atoms with Gasteiger partial charge in [0.15, 0.2) is 0 Å². The Labute approximate surface area is 305 Å². The first-order valence-electron chi connectivity index (χ1n) is 18.0. The van der Waals surface area contributed by atoms with Gasteiger partial charge in [0.25, 0.3) is 0 Å². The van der Waals surface area contributed by atoms with E-state index in [-0.39, 0.29) is 0 Å². The number of para-hydroxylation sites is 6. The van der Waals surface area contributed by atoms with Crippen LogP contribution in [0.25, 0.3) is 99.8 Å². The lowest BCUT2D eigenvalue weighted by Crippen LogP contribution is -1.97. The summed E-state index contributed by atoms with van der Waals surface area (Å²) in [6.45, 7) is 0. The van der Waals surface area contributed by atoms with Crippen molar-refractivity contribution in [1.29, 1.82) is 0 Å². The van der Waals surface area contributed by atoms with E-state index in [1.54, 1.807) is 0 Å². The van der Waals surface area contributed by atoms with Gasteiger partial charge < -0.3 is 8.98 Å². The lowest BCUT2D eigenvalue weighted by molar-refractivity contribution is 0.669. The zero-order chi connectivity index (χ0) is 34.9. The SMILES string of the molecule is c1ccc(-n2c(-c3ccc(-c4cc(-c5ccc6c(c5)c5ccccc5n6-c5ccccc5)cc5oc6ccccc6c45)cc3)nc3ccccc32)cc1. The Morgan fingerprint density at radius 2 is 0.981 bits per heavy atom. The second kappa shape index (κ2) is 11.7. The number of benzene rings is 8. The molecule has 0 amide bonds. The maximum atomic E-state index is 6.57. The van der Waals surface area contributed by atoms with E-state index in [1.807, 2.05) is 18.2 Å². The Kier molecular flexibility index (Phi) is 6.52. The van der Waals surface area contributed by atoms with Gasteiger partial charge in [-0.25, -0.2) is 4.98 Å². The van der Waals surface area contributed by atoms with Crippen LogP contribution in [0.3, 0.4) is 0 Å². The molecule has 4 heteroatoms. The fourth-order valence-electron chi connectivity index (χ4n) is 8.11. The molecule has 0 atom stereocenters. The molecule has 0 aliphatic rings. The molecule has 8 aromatic carbocycles. The highest BCUT2D eigenvalue weighted by molar-refractivity contribution is 6.15. The van der Waals surface area contributed by atoms with Gasteiger partial charge in [-0.05, 0) is 95.1 Å². The first-order valence-corrected chi connectivity index (χ1v) is 18.0. The van der Waals surface area contributed by atoms with E-state index in [9.17, 15) is 0 Å². The summed E-state index contributed by atoms with van der Waals surface area (Å²) in [5.41, 5.74) is 14.0. The largest absolute Gasteiger partial charge is 0.456 e. The van der Waals surface area contributed by atoms with E-state index >= 15 is 0 Å². The minimum Gasteiger partial charge on any atom is -0.456 e. The summed E-state index contributed by atoms with van der Waals surface area (Å²) in [5, 5.41) is 4.69. The summed E-state index contributed by atoms with van der Waals surface area (Å²) >= 11 is 0. The van der Waals surface area contributed by atoms with Gasteiger partial charge >= 0.3 is 0 Å². The van der Waals surface area contributed by atoms with Gasteiger partial charge in [0.1, 0.15) is 17.0 Å². The van der Waals surface area contributed by atoms with Crippen LogP contribution < -0.4 is 0 Å². The van der Waals surface area contributed by atoms with Gasteiger partial charge in [0.05, 0.1) is 22.1 Å². The molecule has 0 bridgehead atoms. The second-order valence-electron chi connectivity index (χ2n) is 13.6. The van der Waals surface area contributed by atoms with Crippen molar-refractivity contribution in [3.05, 3.63) is 188 Å². The summed E-state index contributed by atoms with van der Waals surface area (Å²) in [4.78, 5) is 5.11. The van der Waals surface area contributed by atoms with Crippen LogP contribution in [0.5, 0.6) is 0 Å². The zero-order valence-corrected chi connectivity index (χ0v) is 28.6. The molecule has 0 saturated heterocycles. The molecule has 11 rings (SSSR count). The van der Waals surface area contributed by atoms with Gasteiger partial charge in [-0.2, -0.15) is 0 Å². The van der Waals surface area contributed by atoms with Crippen molar-refractivity contribution in [2.24, 2.45) is 0 Å². The van der Waals surface area contributed by atoms with E-state index in [0.717, 1.165) is 78.0 Å². The molecule has 11 aromatic rings. The van der Waals surface area contributed by atoms with Crippen LogP contribution in [0, 0.1) is 0 Å². The van der Waals surface area contributed by atoms with Crippen LogP contribution in [0.2, 0.25) is 0 Å². The number of hydrogen-bond donors (Lipinski definition) is 0.